The zero-order valence-corrected chi connectivity index (χ0v) is 10.2. The molecule has 5 heteroatoms. The Morgan fingerprint density at radius 2 is 2.22 bits per heavy atom. The number of aryl methyl sites for hydroxylation is 2. The van der Waals surface area contributed by atoms with Gasteiger partial charge in [-0.05, 0) is 37.6 Å². The molecule has 1 heterocycles. The monoisotopic (exact) mass is 247 g/mol. The summed E-state index contributed by atoms with van der Waals surface area (Å²) >= 11 is 0. The van der Waals surface area contributed by atoms with Gasteiger partial charge in [-0.25, -0.2) is 4.39 Å². The van der Waals surface area contributed by atoms with Gasteiger partial charge in [-0.1, -0.05) is 0 Å². The van der Waals surface area contributed by atoms with E-state index in [1.807, 2.05) is 6.92 Å². The van der Waals surface area contributed by atoms with Gasteiger partial charge in [0.2, 0.25) is 0 Å². The molecular weight excluding hydrogens is 233 g/mol. The zero-order chi connectivity index (χ0) is 13.1. The van der Waals surface area contributed by atoms with Crippen molar-refractivity contribution in [3.8, 4) is 0 Å². The number of carbonyl (C=O) groups is 1. The van der Waals surface area contributed by atoms with E-state index in [1.54, 1.807) is 13.1 Å². The largest absolute Gasteiger partial charge is 0.348 e. The minimum atomic E-state index is -0.338. The van der Waals surface area contributed by atoms with Crippen molar-refractivity contribution in [3.05, 3.63) is 52.6 Å². The highest BCUT2D eigenvalue weighted by Crippen LogP contribution is 2.10. The number of aromatic amines is 1. The Hall–Kier alpha value is -2.17. The van der Waals surface area contributed by atoms with E-state index in [-0.39, 0.29) is 11.7 Å². The van der Waals surface area contributed by atoms with Crippen molar-refractivity contribution in [1.29, 1.82) is 0 Å². The van der Waals surface area contributed by atoms with Gasteiger partial charge in [-0.2, -0.15) is 5.10 Å². The number of benzene rings is 1. The number of aromatic nitrogens is 2. The predicted molar refractivity (Wildman–Crippen MR) is 65.6 cm³/mol. The minimum Gasteiger partial charge on any atom is -0.348 e. The lowest BCUT2D eigenvalue weighted by Crippen LogP contribution is -2.23. The van der Waals surface area contributed by atoms with Crippen LogP contribution in [0.3, 0.4) is 0 Å². The van der Waals surface area contributed by atoms with Crippen LogP contribution in [0.1, 0.15) is 27.2 Å². The average Bonchev–Trinajstić information content (AvgIpc) is 2.72. The van der Waals surface area contributed by atoms with E-state index in [1.165, 1.54) is 18.2 Å². The molecular formula is C13H14FN3O. The Labute approximate surface area is 104 Å². The van der Waals surface area contributed by atoms with Gasteiger partial charge < -0.3 is 5.32 Å². The topological polar surface area (TPSA) is 57.8 Å². The fourth-order valence-corrected chi connectivity index (χ4v) is 1.71. The van der Waals surface area contributed by atoms with E-state index in [0.717, 1.165) is 11.3 Å². The fourth-order valence-electron chi connectivity index (χ4n) is 1.71. The summed E-state index contributed by atoms with van der Waals surface area (Å²) in [4.78, 5) is 11.9. The van der Waals surface area contributed by atoms with Crippen molar-refractivity contribution in [3.63, 3.8) is 0 Å². The molecule has 0 saturated carbocycles. The number of halogens is 1. The maximum Gasteiger partial charge on any atom is 0.251 e. The van der Waals surface area contributed by atoms with Gasteiger partial charge in [-0.3, -0.25) is 9.89 Å². The van der Waals surface area contributed by atoms with Crippen LogP contribution in [-0.2, 0) is 6.54 Å². The molecule has 0 aliphatic heterocycles. The Bertz CT molecular complexity index is 577. The summed E-state index contributed by atoms with van der Waals surface area (Å²) < 4.78 is 12.9. The van der Waals surface area contributed by atoms with Crippen LogP contribution in [0, 0.1) is 19.7 Å². The molecule has 0 spiro atoms. The lowest BCUT2D eigenvalue weighted by Gasteiger charge is -2.07. The summed E-state index contributed by atoms with van der Waals surface area (Å²) in [7, 11) is 0. The van der Waals surface area contributed by atoms with Crippen LogP contribution in [-0.4, -0.2) is 16.1 Å². The van der Waals surface area contributed by atoms with Crippen molar-refractivity contribution in [1.82, 2.24) is 15.5 Å². The van der Waals surface area contributed by atoms with Gasteiger partial charge in [-0.15, -0.1) is 0 Å². The fraction of sp³-hybridized carbons (Fsp3) is 0.231. The highest BCUT2D eigenvalue weighted by atomic mass is 19.1. The summed E-state index contributed by atoms with van der Waals surface area (Å²) in [5.41, 5.74) is 2.96. The van der Waals surface area contributed by atoms with E-state index in [0.29, 0.717) is 17.7 Å². The molecule has 0 radical (unpaired) electrons. The molecule has 2 N–H and O–H groups in total. The molecule has 0 saturated heterocycles. The van der Waals surface area contributed by atoms with Crippen molar-refractivity contribution in [2.45, 2.75) is 20.4 Å². The molecule has 0 atom stereocenters. The van der Waals surface area contributed by atoms with Crippen LogP contribution in [0.15, 0.2) is 24.4 Å². The van der Waals surface area contributed by atoms with Crippen molar-refractivity contribution >= 4 is 5.91 Å². The maximum absolute atomic E-state index is 12.9. The Morgan fingerprint density at radius 1 is 1.44 bits per heavy atom. The second kappa shape index (κ2) is 5.00. The van der Waals surface area contributed by atoms with Gasteiger partial charge in [0.15, 0.2) is 0 Å². The van der Waals surface area contributed by atoms with E-state index in [2.05, 4.69) is 15.5 Å². The van der Waals surface area contributed by atoms with Crippen LogP contribution >= 0.6 is 0 Å². The van der Waals surface area contributed by atoms with Crippen molar-refractivity contribution in [2.75, 3.05) is 0 Å². The van der Waals surface area contributed by atoms with E-state index in [4.69, 9.17) is 0 Å². The van der Waals surface area contributed by atoms with E-state index < -0.39 is 0 Å². The normalized spacial score (nSPS) is 10.4. The van der Waals surface area contributed by atoms with Crippen LogP contribution in [0.2, 0.25) is 0 Å². The molecule has 0 aliphatic rings. The van der Waals surface area contributed by atoms with Gasteiger partial charge in [0.25, 0.3) is 5.91 Å². The number of nitrogens with zero attached hydrogens (tertiary/aromatic N) is 1. The molecule has 4 nitrogen and oxygen atoms in total. The van der Waals surface area contributed by atoms with Gasteiger partial charge in [0, 0.05) is 23.4 Å². The second-order valence-electron chi connectivity index (χ2n) is 4.16. The number of rotatable bonds is 3. The lowest BCUT2D eigenvalue weighted by molar-refractivity contribution is 0.0950. The third-order valence-electron chi connectivity index (χ3n) is 2.81. The lowest BCUT2D eigenvalue weighted by atomic mass is 10.1. The molecule has 1 aromatic carbocycles. The molecule has 1 aromatic heterocycles. The van der Waals surface area contributed by atoms with Crippen LogP contribution in [0.5, 0.6) is 0 Å². The van der Waals surface area contributed by atoms with Crippen molar-refractivity contribution in [2.24, 2.45) is 0 Å². The van der Waals surface area contributed by atoms with Gasteiger partial charge in [0.1, 0.15) is 5.82 Å². The van der Waals surface area contributed by atoms with Crippen molar-refractivity contribution < 1.29 is 9.18 Å². The highest BCUT2D eigenvalue weighted by molar-refractivity contribution is 5.95. The number of nitrogens with one attached hydrogen (secondary N) is 2. The summed E-state index contributed by atoms with van der Waals surface area (Å²) in [5.74, 6) is -0.553. The van der Waals surface area contributed by atoms with E-state index >= 15 is 0 Å². The molecule has 2 aromatic rings. The SMILES string of the molecule is Cc1cc(F)ccc1C(=O)NCc1cn[nH]c1C. The smallest absolute Gasteiger partial charge is 0.251 e. The molecule has 18 heavy (non-hydrogen) atoms. The quantitative estimate of drug-likeness (QED) is 0.872. The zero-order valence-electron chi connectivity index (χ0n) is 10.2. The number of hydrogen-bond donors (Lipinski definition) is 2. The number of amides is 1. The third kappa shape index (κ3) is 2.56. The first-order valence-electron chi connectivity index (χ1n) is 5.61. The van der Waals surface area contributed by atoms with Gasteiger partial charge >= 0.3 is 0 Å². The maximum atomic E-state index is 12.9. The second-order valence-corrected chi connectivity index (χ2v) is 4.16. The van der Waals surface area contributed by atoms with Crippen LogP contribution in [0.4, 0.5) is 4.39 Å². The Kier molecular flexibility index (Phi) is 3.41. The van der Waals surface area contributed by atoms with E-state index in [9.17, 15) is 9.18 Å². The average molecular weight is 247 g/mol. The molecule has 94 valence electrons. The molecule has 0 fully saturated rings. The molecule has 2 rings (SSSR count). The molecule has 0 aliphatic carbocycles. The molecule has 1 amide bonds. The van der Waals surface area contributed by atoms with Crippen LogP contribution < -0.4 is 5.32 Å². The Morgan fingerprint density at radius 3 is 2.83 bits per heavy atom. The number of hydrogen-bond acceptors (Lipinski definition) is 2. The number of H-pyrrole nitrogens is 1. The van der Waals surface area contributed by atoms with Crippen LogP contribution in [0.25, 0.3) is 0 Å². The molecule has 0 unspecified atom stereocenters. The highest BCUT2D eigenvalue weighted by Gasteiger charge is 2.10. The summed E-state index contributed by atoms with van der Waals surface area (Å²) in [6, 6.07) is 4.12. The first kappa shape index (κ1) is 12.3. The van der Waals surface area contributed by atoms with Gasteiger partial charge in [0.05, 0.1) is 6.20 Å². The first-order chi connectivity index (χ1) is 8.58. The summed E-state index contributed by atoms with van der Waals surface area (Å²) in [5, 5.41) is 9.46. The number of carbonyl (C=O) groups excluding carboxylic acids is 1. The summed E-state index contributed by atoms with van der Waals surface area (Å²) in [6.45, 7) is 4.00. The third-order valence-corrected chi connectivity index (χ3v) is 2.81. The minimum absolute atomic E-state index is 0.215. The molecule has 0 bridgehead atoms. The summed E-state index contributed by atoms with van der Waals surface area (Å²) in [6.07, 6.45) is 1.67. The first-order valence-corrected chi connectivity index (χ1v) is 5.61. The standard InChI is InChI=1S/C13H14FN3O/c1-8-5-11(14)3-4-12(8)13(18)15-6-10-7-16-17-9(10)2/h3-5,7H,6H2,1-2H3,(H,15,18)(H,16,17). The predicted octanol–water partition coefficient (Wildman–Crippen LogP) is 2.10. The Balaban J connectivity index is 2.06.